The van der Waals surface area contributed by atoms with Gasteiger partial charge in [0.25, 0.3) is 0 Å². The predicted molar refractivity (Wildman–Crippen MR) is 103 cm³/mol. The number of nitrogens with one attached hydrogen (secondary N) is 2. The van der Waals surface area contributed by atoms with E-state index in [0.29, 0.717) is 25.9 Å². The molecule has 0 saturated heterocycles. The van der Waals surface area contributed by atoms with Crippen LogP contribution >= 0.6 is 21.6 Å². The quantitative estimate of drug-likeness (QED) is 0.213. The zero-order valence-corrected chi connectivity index (χ0v) is 16.6. The fraction of sp³-hybridized carbons (Fsp3) is 0.875. The van der Waals surface area contributed by atoms with Gasteiger partial charge in [-0.25, -0.2) is 0 Å². The fourth-order valence-electron chi connectivity index (χ4n) is 2.04. The Morgan fingerprint density at radius 2 is 1.08 bits per heavy atom. The molecule has 8 heteroatoms. The minimum atomic E-state index is 0.149. The van der Waals surface area contributed by atoms with Crippen molar-refractivity contribution in [3.63, 3.8) is 0 Å². The van der Waals surface area contributed by atoms with Gasteiger partial charge in [-0.2, -0.15) is 0 Å². The lowest BCUT2D eigenvalue weighted by Crippen LogP contribution is -2.50. The first-order valence-electron chi connectivity index (χ1n) is 9.07. The first-order chi connectivity index (χ1) is 11.7. The molecule has 0 radical (unpaired) electrons. The van der Waals surface area contributed by atoms with Crippen LogP contribution in [0.25, 0.3) is 0 Å². The topological polar surface area (TPSA) is 113 Å². The van der Waals surface area contributed by atoms with E-state index >= 15 is 0 Å². The van der Waals surface area contributed by atoms with Crippen molar-refractivity contribution in [1.29, 1.82) is 0 Å². The highest BCUT2D eigenvalue weighted by atomic mass is 33.1. The molecular formula is C16H36N4O2S2+2. The van der Waals surface area contributed by atoms with E-state index in [2.05, 4.69) is 22.1 Å². The minimum Gasteiger partial charge on any atom is -0.358 e. The largest absolute Gasteiger partial charge is 0.358 e. The predicted octanol–water partition coefficient (Wildman–Crippen LogP) is 0.205. The van der Waals surface area contributed by atoms with Crippen LogP contribution in [0.15, 0.2) is 0 Å². The van der Waals surface area contributed by atoms with Crippen LogP contribution in [0, 0.1) is 0 Å². The maximum absolute atomic E-state index is 11.5. The van der Waals surface area contributed by atoms with Crippen molar-refractivity contribution in [1.82, 2.24) is 10.6 Å². The summed E-state index contributed by atoms with van der Waals surface area (Å²) in [6, 6.07) is 0. The van der Waals surface area contributed by atoms with E-state index in [-0.39, 0.29) is 11.8 Å². The normalized spacial score (nSPS) is 10.6. The number of hydrogen-bond acceptors (Lipinski definition) is 4. The van der Waals surface area contributed by atoms with Crippen molar-refractivity contribution < 1.29 is 21.1 Å². The SMILES string of the molecule is [NH3+]CCCCCC(=O)NCCSSCCNC(=O)CCCCC[NH3+]. The molecule has 0 atom stereocenters. The molecule has 8 N–H and O–H groups in total. The van der Waals surface area contributed by atoms with E-state index in [0.717, 1.165) is 63.1 Å². The van der Waals surface area contributed by atoms with Crippen LogP contribution in [-0.2, 0) is 9.59 Å². The summed E-state index contributed by atoms with van der Waals surface area (Å²) < 4.78 is 0. The molecule has 24 heavy (non-hydrogen) atoms. The molecule has 6 nitrogen and oxygen atoms in total. The molecule has 0 unspecified atom stereocenters. The number of quaternary nitrogens is 2. The van der Waals surface area contributed by atoms with Crippen LogP contribution in [0.5, 0.6) is 0 Å². The second kappa shape index (κ2) is 18.9. The smallest absolute Gasteiger partial charge is 0.220 e. The minimum absolute atomic E-state index is 0.149. The molecule has 0 heterocycles. The summed E-state index contributed by atoms with van der Waals surface area (Å²) in [5.41, 5.74) is 7.58. The van der Waals surface area contributed by atoms with Crippen molar-refractivity contribution in [2.24, 2.45) is 0 Å². The molecule has 0 fully saturated rings. The molecular weight excluding hydrogens is 344 g/mol. The second-order valence-corrected chi connectivity index (χ2v) is 8.37. The fourth-order valence-corrected chi connectivity index (χ4v) is 3.85. The lowest BCUT2D eigenvalue weighted by atomic mass is 10.2. The Hall–Kier alpha value is -0.440. The van der Waals surface area contributed by atoms with Crippen LogP contribution in [0.1, 0.15) is 51.4 Å². The van der Waals surface area contributed by atoms with Crippen molar-refractivity contribution >= 4 is 33.4 Å². The Morgan fingerprint density at radius 1 is 0.667 bits per heavy atom. The molecule has 0 rings (SSSR count). The van der Waals surface area contributed by atoms with Gasteiger partial charge in [0.2, 0.25) is 11.8 Å². The Labute approximate surface area is 154 Å². The highest BCUT2D eigenvalue weighted by molar-refractivity contribution is 8.76. The summed E-state index contributed by atoms with van der Waals surface area (Å²) in [7, 11) is 3.48. The Balaban J connectivity index is 3.24. The maximum atomic E-state index is 11.5. The van der Waals surface area contributed by atoms with Gasteiger partial charge in [0.15, 0.2) is 0 Å². The van der Waals surface area contributed by atoms with Crippen molar-refractivity contribution in [3.8, 4) is 0 Å². The van der Waals surface area contributed by atoms with Gasteiger partial charge in [0.05, 0.1) is 13.1 Å². The van der Waals surface area contributed by atoms with E-state index < -0.39 is 0 Å². The second-order valence-electron chi connectivity index (χ2n) is 5.67. The van der Waals surface area contributed by atoms with E-state index in [1.807, 2.05) is 0 Å². The Morgan fingerprint density at radius 3 is 1.46 bits per heavy atom. The molecule has 0 aromatic heterocycles. The van der Waals surface area contributed by atoms with Gasteiger partial charge < -0.3 is 22.1 Å². The van der Waals surface area contributed by atoms with E-state index in [9.17, 15) is 9.59 Å². The number of amides is 2. The zero-order chi connectivity index (χ0) is 17.9. The van der Waals surface area contributed by atoms with Gasteiger partial charge in [0, 0.05) is 37.4 Å². The van der Waals surface area contributed by atoms with Crippen LogP contribution in [0.4, 0.5) is 0 Å². The Kier molecular flexibility index (Phi) is 18.5. The molecule has 0 aliphatic heterocycles. The summed E-state index contributed by atoms with van der Waals surface area (Å²) >= 11 is 0. The van der Waals surface area contributed by atoms with Gasteiger partial charge >= 0.3 is 0 Å². The van der Waals surface area contributed by atoms with Crippen molar-refractivity contribution in [2.45, 2.75) is 51.4 Å². The molecule has 0 aliphatic carbocycles. The molecule has 0 aromatic carbocycles. The van der Waals surface area contributed by atoms with E-state index in [4.69, 9.17) is 0 Å². The third-order valence-corrected chi connectivity index (χ3v) is 5.81. The number of unbranched alkanes of at least 4 members (excludes halogenated alkanes) is 4. The van der Waals surface area contributed by atoms with E-state index in [1.54, 1.807) is 21.6 Å². The number of hydrogen-bond donors (Lipinski definition) is 4. The van der Waals surface area contributed by atoms with Crippen LogP contribution in [0.2, 0.25) is 0 Å². The summed E-state index contributed by atoms with van der Waals surface area (Å²) in [6.45, 7) is 3.33. The van der Waals surface area contributed by atoms with Gasteiger partial charge in [-0.05, 0) is 38.5 Å². The summed E-state index contributed by atoms with van der Waals surface area (Å²) in [5, 5.41) is 5.88. The first kappa shape index (κ1) is 23.6. The van der Waals surface area contributed by atoms with Crippen LogP contribution in [0.3, 0.4) is 0 Å². The highest BCUT2D eigenvalue weighted by Crippen LogP contribution is 2.19. The summed E-state index contributed by atoms with van der Waals surface area (Å²) in [5.74, 6) is 2.09. The zero-order valence-electron chi connectivity index (χ0n) is 14.9. The number of rotatable bonds is 17. The highest BCUT2D eigenvalue weighted by Gasteiger charge is 2.02. The van der Waals surface area contributed by atoms with Crippen molar-refractivity contribution in [3.05, 3.63) is 0 Å². The summed E-state index contributed by atoms with van der Waals surface area (Å²) in [4.78, 5) is 23.1. The lowest BCUT2D eigenvalue weighted by Gasteiger charge is -2.06. The summed E-state index contributed by atoms with van der Waals surface area (Å²) in [6.07, 6.45) is 7.54. The number of carbonyl (C=O) groups is 2. The van der Waals surface area contributed by atoms with Crippen LogP contribution < -0.4 is 22.1 Å². The van der Waals surface area contributed by atoms with Gasteiger partial charge in [0.1, 0.15) is 0 Å². The molecule has 142 valence electrons. The molecule has 0 spiro atoms. The average Bonchev–Trinajstić information content (AvgIpc) is 2.58. The van der Waals surface area contributed by atoms with E-state index in [1.165, 1.54) is 0 Å². The number of carbonyl (C=O) groups excluding carboxylic acids is 2. The lowest BCUT2D eigenvalue weighted by molar-refractivity contribution is -0.368. The van der Waals surface area contributed by atoms with Crippen LogP contribution in [-0.4, -0.2) is 49.5 Å². The average molecular weight is 381 g/mol. The standard InChI is InChI=1S/C16H34N4O2S2/c17-9-5-1-3-7-15(21)19-11-13-23-24-14-12-20-16(22)8-4-2-6-10-18/h1-14,17-18H2,(H,19,21)(H,20,22)/p+2. The molecule has 0 aromatic rings. The van der Waals surface area contributed by atoms with Gasteiger partial charge in [-0.1, -0.05) is 21.6 Å². The molecule has 2 amide bonds. The Bertz CT molecular complexity index is 290. The third-order valence-electron chi connectivity index (χ3n) is 3.41. The maximum Gasteiger partial charge on any atom is 0.220 e. The third kappa shape index (κ3) is 17.9. The molecule has 0 aliphatic rings. The monoisotopic (exact) mass is 380 g/mol. The van der Waals surface area contributed by atoms with Crippen molar-refractivity contribution in [2.75, 3.05) is 37.7 Å². The first-order valence-corrected chi connectivity index (χ1v) is 11.6. The molecule has 0 saturated carbocycles. The van der Waals surface area contributed by atoms with Gasteiger partial charge in [-0.15, -0.1) is 0 Å². The molecule has 0 bridgehead atoms. The van der Waals surface area contributed by atoms with Gasteiger partial charge in [-0.3, -0.25) is 9.59 Å².